The second-order valence-electron chi connectivity index (χ2n) is 0.224. The van der Waals surface area contributed by atoms with Crippen molar-refractivity contribution in [3.63, 3.8) is 0 Å². The van der Waals surface area contributed by atoms with E-state index >= 15 is 0 Å². The van der Waals surface area contributed by atoms with Crippen LogP contribution in [0.15, 0.2) is 0 Å². The van der Waals surface area contributed by atoms with Gasteiger partial charge in [-0.15, -0.1) is 0 Å². The van der Waals surface area contributed by atoms with Crippen molar-refractivity contribution in [1.82, 2.24) is 0 Å². The molecular weight excluding hydrogens is 173 g/mol. The maximum Gasteiger partial charge on any atom is 1.00 e. The van der Waals surface area contributed by atoms with Gasteiger partial charge in [0.25, 0.3) is 0 Å². The number of rotatable bonds is 0. The van der Waals surface area contributed by atoms with Gasteiger partial charge in [0, 0.05) is 0 Å². The molecule has 0 radical (unpaired) electrons. The second-order valence-corrected chi connectivity index (χ2v) is 0.224. The third-order valence-corrected chi connectivity index (χ3v) is 0. The predicted molar refractivity (Wildman–Crippen MR) is 12.4 cm³/mol. The van der Waals surface area contributed by atoms with E-state index in [-0.39, 0.29) is 75.5 Å². The molecule has 0 aromatic heterocycles. The maximum atomic E-state index is 7.46. The van der Waals surface area contributed by atoms with Gasteiger partial charge in [-0.1, -0.05) is 6.61 Å². The van der Waals surface area contributed by atoms with Crippen LogP contribution in [0.5, 0.6) is 0 Å². The fourth-order valence-electron chi connectivity index (χ4n) is 0. The van der Waals surface area contributed by atoms with E-state index in [1.807, 2.05) is 0 Å². The van der Waals surface area contributed by atoms with Gasteiger partial charge >= 0.3 is 68.9 Å². The number of aliphatic hydroxyl groups excluding tert-OH is 1. The molecule has 0 spiro atoms. The molecule has 0 aliphatic rings. The SMILES string of the molecule is [CH2-]CO.[Cs+]. The van der Waals surface area contributed by atoms with Crippen molar-refractivity contribution in [2.24, 2.45) is 0 Å². The summed E-state index contributed by atoms with van der Waals surface area (Å²) in [5.74, 6) is 0. The maximum absolute atomic E-state index is 7.46. The molecule has 0 unspecified atom stereocenters. The van der Waals surface area contributed by atoms with E-state index in [9.17, 15) is 0 Å². The van der Waals surface area contributed by atoms with Crippen molar-refractivity contribution in [3.8, 4) is 0 Å². The second kappa shape index (κ2) is 8.89. The van der Waals surface area contributed by atoms with E-state index in [0.29, 0.717) is 0 Å². The third-order valence-electron chi connectivity index (χ3n) is 0. The van der Waals surface area contributed by atoms with Crippen LogP contribution in [0.2, 0.25) is 0 Å². The van der Waals surface area contributed by atoms with Crippen molar-refractivity contribution in [3.05, 3.63) is 6.92 Å². The van der Waals surface area contributed by atoms with Crippen LogP contribution in [-0.4, -0.2) is 11.7 Å². The fourth-order valence-corrected chi connectivity index (χ4v) is 0. The van der Waals surface area contributed by atoms with E-state index in [1.165, 1.54) is 0 Å². The molecule has 0 heterocycles. The van der Waals surface area contributed by atoms with Gasteiger partial charge in [0.05, 0.1) is 0 Å². The Morgan fingerprint density at radius 1 is 1.75 bits per heavy atom. The number of hydrogen-bond acceptors (Lipinski definition) is 1. The average molecular weight is 178 g/mol. The van der Waals surface area contributed by atoms with Crippen molar-refractivity contribution in [2.45, 2.75) is 0 Å². The number of hydrogen-bond donors (Lipinski definition) is 1. The topological polar surface area (TPSA) is 20.2 Å². The Bertz CT molecular complexity index is 6.00. The first-order valence-corrected chi connectivity index (χ1v) is 0.816. The molecule has 0 fully saturated rings. The van der Waals surface area contributed by atoms with Gasteiger partial charge in [0.2, 0.25) is 0 Å². The standard InChI is InChI=1S/C2H5O.Cs/c1-2-3;/h3H,1-2H2;/q-1;+1. The van der Waals surface area contributed by atoms with E-state index in [4.69, 9.17) is 5.11 Å². The van der Waals surface area contributed by atoms with E-state index in [1.54, 1.807) is 0 Å². The van der Waals surface area contributed by atoms with Crippen LogP contribution in [0.3, 0.4) is 0 Å². The molecule has 1 N–H and O–H groups in total. The molecule has 2 heteroatoms. The van der Waals surface area contributed by atoms with Crippen LogP contribution in [0.25, 0.3) is 0 Å². The van der Waals surface area contributed by atoms with Crippen molar-refractivity contribution >= 4 is 0 Å². The molecule has 0 aliphatic heterocycles. The van der Waals surface area contributed by atoms with E-state index in [2.05, 4.69) is 6.92 Å². The molecule has 0 atom stereocenters. The van der Waals surface area contributed by atoms with Crippen LogP contribution < -0.4 is 68.9 Å². The van der Waals surface area contributed by atoms with Crippen LogP contribution >= 0.6 is 0 Å². The Morgan fingerprint density at radius 2 is 1.75 bits per heavy atom. The third kappa shape index (κ3) is 8.99. The van der Waals surface area contributed by atoms with Crippen LogP contribution in [-0.2, 0) is 0 Å². The first-order valence-electron chi connectivity index (χ1n) is 0.816. The van der Waals surface area contributed by atoms with Gasteiger partial charge in [0.1, 0.15) is 0 Å². The smallest absolute Gasteiger partial charge is 0.428 e. The monoisotopic (exact) mass is 178 g/mol. The van der Waals surface area contributed by atoms with Gasteiger partial charge in [-0.25, -0.2) is 0 Å². The Balaban J connectivity index is 0. The minimum absolute atomic E-state index is 0. The summed E-state index contributed by atoms with van der Waals surface area (Å²) >= 11 is 0. The van der Waals surface area contributed by atoms with Crippen LogP contribution in [0, 0.1) is 6.92 Å². The molecule has 4 heavy (non-hydrogen) atoms. The molecule has 20 valence electrons. The normalized spacial score (nSPS) is 4.50. The average Bonchev–Trinajstić information content (AvgIpc) is 0.918. The molecule has 0 bridgehead atoms. The largest absolute Gasteiger partial charge is 1.00 e. The summed E-state index contributed by atoms with van der Waals surface area (Å²) in [7, 11) is 0. The zero-order chi connectivity index (χ0) is 2.71. The zero-order valence-electron chi connectivity index (χ0n) is 2.86. The Hall–Kier alpha value is 2.01. The van der Waals surface area contributed by atoms with Gasteiger partial charge < -0.3 is 12.0 Å². The Morgan fingerprint density at radius 3 is 1.75 bits per heavy atom. The molecule has 0 aromatic rings. The molecule has 0 amide bonds. The van der Waals surface area contributed by atoms with Gasteiger partial charge in [0.15, 0.2) is 0 Å². The van der Waals surface area contributed by atoms with Gasteiger partial charge in [-0.05, 0) is 0 Å². The van der Waals surface area contributed by atoms with Crippen molar-refractivity contribution < 1.29 is 74.0 Å². The van der Waals surface area contributed by atoms with Crippen molar-refractivity contribution in [2.75, 3.05) is 6.61 Å². The molecule has 0 aliphatic carbocycles. The predicted octanol–water partition coefficient (Wildman–Crippen LogP) is -3.18. The fraction of sp³-hybridized carbons (Fsp3) is 0.500. The summed E-state index contributed by atoms with van der Waals surface area (Å²) in [5.41, 5.74) is 0. The van der Waals surface area contributed by atoms with E-state index < -0.39 is 0 Å². The molecule has 1 nitrogen and oxygen atoms in total. The first-order chi connectivity index (χ1) is 1.41. The van der Waals surface area contributed by atoms with Crippen molar-refractivity contribution in [1.29, 1.82) is 0 Å². The zero-order valence-corrected chi connectivity index (χ0v) is 9.14. The first kappa shape index (κ1) is 9.38. The van der Waals surface area contributed by atoms with Gasteiger partial charge in [-0.2, -0.15) is 0 Å². The summed E-state index contributed by atoms with van der Waals surface area (Å²) < 4.78 is 0. The number of aliphatic hydroxyl groups is 1. The van der Waals surface area contributed by atoms with E-state index in [0.717, 1.165) is 0 Å². The molecule has 0 aromatic carbocycles. The molecular formula is C2H5CsO. The minimum Gasteiger partial charge on any atom is -0.428 e. The summed E-state index contributed by atoms with van der Waals surface area (Å²) in [4.78, 5) is 0. The molecule has 0 saturated carbocycles. The Labute approximate surface area is 85.2 Å². The summed E-state index contributed by atoms with van der Waals surface area (Å²) in [5, 5.41) is 7.46. The minimum atomic E-state index is 0. The summed E-state index contributed by atoms with van der Waals surface area (Å²) in [6.45, 7) is 3.04. The molecule has 0 rings (SSSR count). The van der Waals surface area contributed by atoms with Gasteiger partial charge in [-0.3, -0.25) is 0 Å². The molecule has 0 saturated heterocycles. The Kier molecular flexibility index (Phi) is 20.9. The summed E-state index contributed by atoms with van der Waals surface area (Å²) in [6, 6.07) is 0. The quantitative estimate of drug-likeness (QED) is 0.387. The van der Waals surface area contributed by atoms with Crippen LogP contribution in [0.1, 0.15) is 0 Å². The van der Waals surface area contributed by atoms with Crippen LogP contribution in [0.4, 0.5) is 0 Å². The summed E-state index contributed by atoms with van der Waals surface area (Å²) in [6.07, 6.45) is 0.